The first-order valence-electron chi connectivity index (χ1n) is 9.25. The molecular formula is C19H28N6O2. The highest BCUT2D eigenvalue weighted by molar-refractivity contribution is 5.91. The van der Waals surface area contributed by atoms with Gasteiger partial charge in [-0.15, -0.1) is 0 Å². The van der Waals surface area contributed by atoms with E-state index in [0.29, 0.717) is 29.2 Å². The lowest BCUT2D eigenvalue weighted by Gasteiger charge is -2.31. The topological polar surface area (TPSA) is 88.8 Å². The van der Waals surface area contributed by atoms with Gasteiger partial charge in [0.15, 0.2) is 11.5 Å². The van der Waals surface area contributed by atoms with Crippen molar-refractivity contribution >= 4 is 22.7 Å². The zero-order valence-corrected chi connectivity index (χ0v) is 16.5. The number of nitrogens with one attached hydrogen (secondary N) is 1. The predicted octanol–water partition coefficient (Wildman–Crippen LogP) is 0.817. The number of aromatic nitrogens is 2. The highest BCUT2D eigenvalue weighted by atomic mass is 16.5. The van der Waals surface area contributed by atoms with Crippen molar-refractivity contribution in [2.45, 2.75) is 0 Å². The summed E-state index contributed by atoms with van der Waals surface area (Å²) in [5, 5.41) is 4.34. The first kappa shape index (κ1) is 18.1. The van der Waals surface area contributed by atoms with Crippen molar-refractivity contribution in [1.82, 2.24) is 20.2 Å². The van der Waals surface area contributed by atoms with Gasteiger partial charge in [-0.1, -0.05) is 0 Å². The van der Waals surface area contributed by atoms with Crippen LogP contribution in [0.2, 0.25) is 0 Å². The van der Waals surface area contributed by atoms with Crippen LogP contribution in [0.5, 0.6) is 11.5 Å². The van der Waals surface area contributed by atoms with Crippen molar-refractivity contribution in [3.05, 3.63) is 12.1 Å². The largest absolute Gasteiger partial charge is 0.493 e. The van der Waals surface area contributed by atoms with Gasteiger partial charge in [0, 0.05) is 49.6 Å². The van der Waals surface area contributed by atoms with E-state index in [4.69, 9.17) is 20.2 Å². The van der Waals surface area contributed by atoms with Gasteiger partial charge in [-0.25, -0.2) is 4.98 Å². The smallest absolute Gasteiger partial charge is 0.227 e. The van der Waals surface area contributed by atoms with E-state index in [1.54, 1.807) is 14.2 Å². The van der Waals surface area contributed by atoms with Crippen molar-refractivity contribution in [1.29, 1.82) is 0 Å². The lowest BCUT2D eigenvalue weighted by molar-refractivity contribution is 0.205. The van der Waals surface area contributed by atoms with Crippen LogP contribution in [0.15, 0.2) is 12.1 Å². The molecule has 0 amide bonds. The first-order valence-corrected chi connectivity index (χ1v) is 9.25. The van der Waals surface area contributed by atoms with Gasteiger partial charge in [0.05, 0.1) is 19.7 Å². The van der Waals surface area contributed by atoms with Crippen molar-refractivity contribution < 1.29 is 9.47 Å². The molecule has 2 aliphatic rings. The van der Waals surface area contributed by atoms with E-state index in [1.807, 2.05) is 12.1 Å². The number of methoxy groups -OCH3 is 2. The molecule has 0 bridgehead atoms. The number of benzene rings is 1. The van der Waals surface area contributed by atoms with Crippen LogP contribution in [-0.4, -0.2) is 75.9 Å². The van der Waals surface area contributed by atoms with Gasteiger partial charge in [-0.2, -0.15) is 4.98 Å². The van der Waals surface area contributed by atoms with E-state index in [1.165, 1.54) is 0 Å². The molecule has 2 atom stereocenters. The van der Waals surface area contributed by atoms with Crippen molar-refractivity contribution in [2.75, 3.05) is 71.7 Å². The van der Waals surface area contributed by atoms with Gasteiger partial charge in [0.1, 0.15) is 5.82 Å². The van der Waals surface area contributed by atoms with Crippen molar-refractivity contribution in [3.63, 3.8) is 0 Å². The predicted molar refractivity (Wildman–Crippen MR) is 107 cm³/mol. The normalized spacial score (nSPS) is 24.6. The van der Waals surface area contributed by atoms with Crippen LogP contribution in [0, 0.1) is 11.3 Å². The molecule has 0 aliphatic carbocycles. The van der Waals surface area contributed by atoms with E-state index < -0.39 is 0 Å². The van der Waals surface area contributed by atoms with Crippen LogP contribution < -0.4 is 25.4 Å². The van der Waals surface area contributed by atoms with E-state index >= 15 is 0 Å². The number of hydrogen-bond acceptors (Lipinski definition) is 8. The summed E-state index contributed by atoms with van der Waals surface area (Å²) in [6, 6.07) is 3.70. The summed E-state index contributed by atoms with van der Waals surface area (Å²) < 4.78 is 10.8. The maximum Gasteiger partial charge on any atom is 0.227 e. The average Bonchev–Trinajstić information content (AvgIpc) is 3.16. The summed E-state index contributed by atoms with van der Waals surface area (Å²) in [5.74, 6) is 3.01. The molecule has 2 aliphatic heterocycles. The van der Waals surface area contributed by atoms with Gasteiger partial charge in [-0.05, 0) is 26.1 Å². The first-order chi connectivity index (χ1) is 13.0. The number of rotatable bonds is 5. The minimum absolute atomic E-state index is 0.230. The lowest BCUT2D eigenvalue weighted by Crippen LogP contribution is -2.41. The number of nitrogens with two attached hydrogens (primary N) is 1. The summed E-state index contributed by atoms with van der Waals surface area (Å²) in [5.41, 5.74) is 7.28. The maximum absolute atomic E-state index is 6.27. The molecule has 3 heterocycles. The van der Waals surface area contributed by atoms with Gasteiger partial charge in [0.2, 0.25) is 5.95 Å². The SMILES string of the molecule is COc1cc2nc(N3CC4CNCC4(CN(C)C)C3)nc(N)c2cc1OC. The van der Waals surface area contributed by atoms with Crippen LogP contribution >= 0.6 is 0 Å². The minimum Gasteiger partial charge on any atom is -0.493 e. The molecule has 0 radical (unpaired) electrons. The highest BCUT2D eigenvalue weighted by Gasteiger charge is 2.50. The van der Waals surface area contributed by atoms with Gasteiger partial charge in [-0.3, -0.25) is 0 Å². The molecule has 8 heteroatoms. The molecule has 2 fully saturated rings. The Kier molecular flexibility index (Phi) is 4.47. The second kappa shape index (κ2) is 6.69. The second-order valence-electron chi connectivity index (χ2n) is 7.94. The summed E-state index contributed by atoms with van der Waals surface area (Å²) in [6.07, 6.45) is 0. The highest BCUT2D eigenvalue weighted by Crippen LogP contribution is 2.41. The summed E-state index contributed by atoms with van der Waals surface area (Å²) >= 11 is 0. The third kappa shape index (κ3) is 3.02. The fourth-order valence-corrected chi connectivity index (χ4v) is 4.64. The fraction of sp³-hybridized carbons (Fsp3) is 0.579. The Balaban J connectivity index is 1.70. The van der Waals surface area contributed by atoms with Crippen molar-refractivity contribution in [2.24, 2.45) is 11.3 Å². The minimum atomic E-state index is 0.230. The van der Waals surface area contributed by atoms with Crippen LogP contribution in [0.1, 0.15) is 0 Å². The summed E-state index contributed by atoms with van der Waals surface area (Å²) in [7, 11) is 7.50. The molecular weight excluding hydrogens is 344 g/mol. The maximum atomic E-state index is 6.27. The Morgan fingerprint density at radius 2 is 2.00 bits per heavy atom. The number of fused-ring (bicyclic) bond motifs is 2. The average molecular weight is 372 g/mol. The Labute approximate surface area is 159 Å². The number of nitrogens with zero attached hydrogens (tertiary/aromatic N) is 4. The van der Waals surface area contributed by atoms with Crippen LogP contribution in [0.3, 0.4) is 0 Å². The van der Waals surface area contributed by atoms with E-state index in [-0.39, 0.29) is 5.41 Å². The Morgan fingerprint density at radius 1 is 1.26 bits per heavy atom. The molecule has 8 nitrogen and oxygen atoms in total. The quantitative estimate of drug-likeness (QED) is 0.797. The molecule has 3 N–H and O–H groups in total. The molecule has 0 saturated carbocycles. The third-order valence-electron chi connectivity index (χ3n) is 5.81. The Morgan fingerprint density at radius 3 is 2.70 bits per heavy atom. The molecule has 0 spiro atoms. The van der Waals surface area contributed by atoms with Gasteiger partial charge in [0.25, 0.3) is 0 Å². The van der Waals surface area contributed by atoms with Crippen molar-refractivity contribution in [3.8, 4) is 11.5 Å². The molecule has 27 heavy (non-hydrogen) atoms. The zero-order chi connectivity index (χ0) is 19.2. The molecule has 146 valence electrons. The summed E-state index contributed by atoms with van der Waals surface area (Å²) in [6.45, 7) is 4.99. The second-order valence-corrected chi connectivity index (χ2v) is 7.94. The standard InChI is InChI=1S/C19H28N6O2/c1-24(2)10-19-9-21-7-12(19)8-25(11-19)18-22-14-6-16(27-4)15(26-3)5-13(14)17(20)23-18/h5-6,12,21H,7-11H2,1-4H3,(H2,20,22,23). The summed E-state index contributed by atoms with van der Waals surface area (Å²) in [4.78, 5) is 14.0. The van der Waals surface area contributed by atoms with Crippen LogP contribution in [0.25, 0.3) is 10.9 Å². The van der Waals surface area contributed by atoms with Gasteiger partial charge >= 0.3 is 0 Å². The zero-order valence-electron chi connectivity index (χ0n) is 16.5. The van der Waals surface area contributed by atoms with E-state index in [0.717, 1.165) is 43.6 Å². The molecule has 2 saturated heterocycles. The molecule has 4 rings (SSSR count). The molecule has 1 aromatic heterocycles. The number of nitrogen functional groups attached to an aromatic ring is 1. The van der Waals surface area contributed by atoms with Crippen LogP contribution in [0.4, 0.5) is 11.8 Å². The number of ether oxygens (including phenoxy) is 2. The molecule has 1 aromatic carbocycles. The van der Waals surface area contributed by atoms with E-state index in [2.05, 4.69) is 34.2 Å². The number of hydrogen-bond donors (Lipinski definition) is 2. The van der Waals surface area contributed by atoms with E-state index in [9.17, 15) is 0 Å². The molecule has 2 aromatic rings. The number of anilines is 2. The van der Waals surface area contributed by atoms with Gasteiger partial charge < -0.3 is 30.3 Å². The van der Waals surface area contributed by atoms with Crippen LogP contribution in [-0.2, 0) is 0 Å². The fourth-order valence-electron chi connectivity index (χ4n) is 4.64. The third-order valence-corrected chi connectivity index (χ3v) is 5.81. The Hall–Kier alpha value is -2.32. The monoisotopic (exact) mass is 372 g/mol. The molecule has 2 unspecified atom stereocenters. The lowest BCUT2D eigenvalue weighted by atomic mass is 9.80. The Bertz CT molecular complexity index is 858.